The predicted octanol–water partition coefficient (Wildman–Crippen LogP) is 4.78. The molecule has 0 atom stereocenters. The van der Waals surface area contributed by atoms with Gasteiger partial charge in [0.2, 0.25) is 0 Å². The minimum atomic E-state index is -0.568. The highest BCUT2D eigenvalue weighted by atomic mass is 32.2. The SMILES string of the molecule is Oc1cc(CNC(=S)C=Cc2cc(O)c(O)c(CSCc3ccccc3)c2)cc(O)c1O. The van der Waals surface area contributed by atoms with Crippen LogP contribution in [0.1, 0.15) is 22.3 Å². The summed E-state index contributed by atoms with van der Waals surface area (Å²) >= 11 is 6.90. The van der Waals surface area contributed by atoms with Gasteiger partial charge in [-0.25, -0.2) is 0 Å². The third kappa shape index (κ3) is 6.32. The van der Waals surface area contributed by atoms with Crippen LogP contribution in [-0.2, 0) is 18.1 Å². The molecular weight excluding hydrogens is 446 g/mol. The number of hydrogen-bond donors (Lipinski definition) is 6. The molecule has 0 spiro atoms. The number of aromatic hydroxyl groups is 5. The highest BCUT2D eigenvalue weighted by Gasteiger charge is 2.10. The third-order valence-electron chi connectivity index (χ3n) is 4.58. The van der Waals surface area contributed by atoms with Crippen molar-refractivity contribution in [3.8, 4) is 28.7 Å². The van der Waals surface area contributed by atoms with Crippen molar-refractivity contribution in [2.24, 2.45) is 0 Å². The van der Waals surface area contributed by atoms with E-state index in [9.17, 15) is 25.5 Å². The van der Waals surface area contributed by atoms with E-state index in [1.165, 1.54) is 23.8 Å². The molecule has 6 nitrogen and oxygen atoms in total. The van der Waals surface area contributed by atoms with E-state index in [4.69, 9.17) is 12.2 Å². The molecule has 0 bridgehead atoms. The molecular formula is C24H23NO5S2. The maximum atomic E-state index is 10.2. The van der Waals surface area contributed by atoms with Crippen molar-refractivity contribution in [3.63, 3.8) is 0 Å². The van der Waals surface area contributed by atoms with Crippen LogP contribution in [-0.4, -0.2) is 30.5 Å². The smallest absolute Gasteiger partial charge is 0.200 e. The Bertz CT molecular complexity index is 1110. The van der Waals surface area contributed by atoms with Gasteiger partial charge in [-0.3, -0.25) is 0 Å². The van der Waals surface area contributed by atoms with Crippen LogP contribution in [0.25, 0.3) is 6.08 Å². The zero-order valence-electron chi connectivity index (χ0n) is 17.0. The summed E-state index contributed by atoms with van der Waals surface area (Å²) in [7, 11) is 0. The molecule has 0 fully saturated rings. The van der Waals surface area contributed by atoms with E-state index in [0.717, 1.165) is 5.75 Å². The van der Waals surface area contributed by atoms with Crippen molar-refractivity contribution >= 4 is 35.0 Å². The number of hydrogen-bond acceptors (Lipinski definition) is 7. The van der Waals surface area contributed by atoms with Crippen LogP contribution in [0.5, 0.6) is 28.7 Å². The molecule has 0 unspecified atom stereocenters. The molecule has 3 aromatic carbocycles. The topological polar surface area (TPSA) is 113 Å². The average molecular weight is 470 g/mol. The van der Waals surface area contributed by atoms with Gasteiger partial charge in [-0.05, 0) is 47.0 Å². The van der Waals surface area contributed by atoms with Gasteiger partial charge >= 0.3 is 0 Å². The molecule has 3 aromatic rings. The van der Waals surface area contributed by atoms with E-state index >= 15 is 0 Å². The zero-order chi connectivity index (χ0) is 23.1. The van der Waals surface area contributed by atoms with Crippen LogP contribution < -0.4 is 5.32 Å². The van der Waals surface area contributed by atoms with Gasteiger partial charge in [-0.1, -0.05) is 48.6 Å². The molecule has 0 aromatic heterocycles. The summed E-state index contributed by atoms with van der Waals surface area (Å²) in [6.45, 7) is 0.229. The fourth-order valence-electron chi connectivity index (χ4n) is 2.94. The Morgan fingerprint density at radius 1 is 0.812 bits per heavy atom. The fraction of sp³-hybridized carbons (Fsp3) is 0.125. The van der Waals surface area contributed by atoms with Gasteiger partial charge < -0.3 is 30.8 Å². The largest absolute Gasteiger partial charge is 0.504 e. The summed E-state index contributed by atoms with van der Waals surface area (Å²) in [6, 6.07) is 15.9. The predicted molar refractivity (Wildman–Crippen MR) is 131 cm³/mol. The van der Waals surface area contributed by atoms with E-state index in [1.807, 2.05) is 30.3 Å². The van der Waals surface area contributed by atoms with Crippen LogP contribution in [0.3, 0.4) is 0 Å². The Morgan fingerprint density at radius 3 is 2.16 bits per heavy atom. The lowest BCUT2D eigenvalue weighted by molar-refractivity contribution is 0.367. The molecule has 0 aliphatic heterocycles. The molecule has 32 heavy (non-hydrogen) atoms. The van der Waals surface area contributed by atoms with Gasteiger partial charge in [0.05, 0.1) is 4.99 Å². The minimum Gasteiger partial charge on any atom is -0.504 e. The first-order chi connectivity index (χ1) is 15.3. The average Bonchev–Trinajstić information content (AvgIpc) is 2.78. The Morgan fingerprint density at radius 2 is 1.47 bits per heavy atom. The molecule has 0 amide bonds. The van der Waals surface area contributed by atoms with E-state index in [2.05, 4.69) is 5.32 Å². The molecule has 166 valence electrons. The Labute approximate surface area is 195 Å². The zero-order valence-corrected chi connectivity index (χ0v) is 18.7. The van der Waals surface area contributed by atoms with Crippen LogP contribution in [0.4, 0.5) is 0 Å². The third-order valence-corrected chi connectivity index (χ3v) is 5.92. The van der Waals surface area contributed by atoms with Crippen LogP contribution in [0, 0.1) is 0 Å². The van der Waals surface area contributed by atoms with Crippen LogP contribution in [0.2, 0.25) is 0 Å². The summed E-state index contributed by atoms with van der Waals surface area (Å²) < 4.78 is 0. The van der Waals surface area contributed by atoms with Gasteiger partial charge in [0, 0.05) is 23.6 Å². The minimum absolute atomic E-state index is 0.129. The number of thioether (sulfide) groups is 1. The second-order valence-electron chi connectivity index (χ2n) is 7.06. The molecule has 0 heterocycles. The van der Waals surface area contributed by atoms with E-state index < -0.39 is 17.2 Å². The van der Waals surface area contributed by atoms with Gasteiger partial charge in [0.25, 0.3) is 0 Å². The molecule has 8 heteroatoms. The standard InChI is InChI=1S/C24H23NO5S2/c26-19-9-16(8-18(23(19)29)14-32-13-15-4-2-1-3-5-15)6-7-22(31)25-12-17-10-20(27)24(30)21(28)11-17/h1-11,26-30H,12-14H2,(H,25,31). The lowest BCUT2D eigenvalue weighted by Crippen LogP contribution is -2.18. The normalized spacial score (nSPS) is 11.0. The quantitative estimate of drug-likeness (QED) is 0.159. The fourth-order valence-corrected chi connectivity index (χ4v) is 4.05. The van der Waals surface area contributed by atoms with Crippen molar-refractivity contribution < 1.29 is 25.5 Å². The van der Waals surface area contributed by atoms with Gasteiger partial charge in [0.1, 0.15) is 0 Å². The summed E-state index contributed by atoms with van der Waals surface area (Å²) in [5.41, 5.74) is 3.02. The second kappa shape index (κ2) is 10.8. The first kappa shape index (κ1) is 23.3. The van der Waals surface area contributed by atoms with Crippen molar-refractivity contribution in [3.05, 3.63) is 82.9 Å². The number of thiocarbonyl (C=S) groups is 1. The maximum Gasteiger partial charge on any atom is 0.200 e. The molecule has 3 rings (SSSR count). The van der Waals surface area contributed by atoms with E-state index in [0.29, 0.717) is 27.4 Å². The Kier molecular flexibility index (Phi) is 7.86. The molecule has 6 N–H and O–H groups in total. The summed E-state index contributed by atoms with van der Waals surface area (Å²) in [6.07, 6.45) is 3.35. The number of benzene rings is 3. The summed E-state index contributed by atoms with van der Waals surface area (Å²) in [5.74, 6) is -0.405. The molecule has 0 saturated carbocycles. The first-order valence-electron chi connectivity index (χ1n) is 9.69. The second-order valence-corrected chi connectivity index (χ2v) is 8.49. The molecule has 0 aliphatic carbocycles. The summed E-state index contributed by atoms with van der Waals surface area (Å²) in [4.78, 5) is 0.393. The Hall–Kier alpha value is -3.36. The van der Waals surface area contributed by atoms with Gasteiger partial charge in [-0.2, -0.15) is 11.8 Å². The molecule has 0 aliphatic rings. The molecule has 0 radical (unpaired) electrons. The van der Waals surface area contributed by atoms with Crippen molar-refractivity contribution in [1.29, 1.82) is 0 Å². The van der Waals surface area contributed by atoms with Crippen molar-refractivity contribution in [2.75, 3.05) is 0 Å². The number of rotatable bonds is 8. The monoisotopic (exact) mass is 469 g/mol. The number of phenols is 5. The summed E-state index contributed by atoms with van der Waals surface area (Å²) in [5, 5.41) is 51.8. The van der Waals surface area contributed by atoms with E-state index in [-0.39, 0.29) is 18.0 Å². The highest BCUT2D eigenvalue weighted by molar-refractivity contribution is 7.97. The van der Waals surface area contributed by atoms with Crippen LogP contribution >= 0.6 is 24.0 Å². The molecule has 0 saturated heterocycles. The van der Waals surface area contributed by atoms with E-state index in [1.54, 1.807) is 30.0 Å². The lowest BCUT2D eigenvalue weighted by Gasteiger charge is -2.09. The Balaban J connectivity index is 1.60. The highest BCUT2D eigenvalue weighted by Crippen LogP contribution is 2.35. The van der Waals surface area contributed by atoms with Crippen molar-refractivity contribution in [1.82, 2.24) is 5.32 Å². The van der Waals surface area contributed by atoms with Gasteiger partial charge in [0.15, 0.2) is 28.7 Å². The van der Waals surface area contributed by atoms with Crippen LogP contribution in [0.15, 0.2) is 60.7 Å². The first-order valence-corrected chi connectivity index (χ1v) is 11.3. The number of phenolic OH excluding ortho intramolecular Hbond substituents is 5. The lowest BCUT2D eigenvalue weighted by atomic mass is 10.1. The van der Waals surface area contributed by atoms with Crippen molar-refractivity contribution in [2.45, 2.75) is 18.1 Å². The maximum absolute atomic E-state index is 10.2. The van der Waals surface area contributed by atoms with Gasteiger partial charge in [-0.15, -0.1) is 0 Å². The number of nitrogens with one attached hydrogen (secondary N) is 1.